The van der Waals surface area contributed by atoms with E-state index in [4.69, 9.17) is 4.74 Å². The molecule has 0 spiro atoms. The molecule has 3 atom stereocenters. The Morgan fingerprint density at radius 1 is 0.629 bits per heavy atom. The molecule has 0 amide bonds. The quantitative estimate of drug-likeness (QED) is 0.0989. The first-order valence-electron chi connectivity index (χ1n) is 13.2. The Kier molecular flexibility index (Phi) is 16.6. The van der Waals surface area contributed by atoms with Gasteiger partial charge >= 0.3 is 0 Å². The number of hydrogen-bond donors (Lipinski definition) is 4. The highest BCUT2D eigenvalue weighted by Crippen LogP contribution is 2.20. The lowest BCUT2D eigenvalue weighted by atomic mass is 9.95. The summed E-state index contributed by atoms with van der Waals surface area (Å²) in [7, 11) is 1.40. The lowest BCUT2D eigenvalue weighted by Gasteiger charge is -2.27. The summed E-state index contributed by atoms with van der Waals surface area (Å²) in [6, 6.07) is 0. The number of aliphatic hydroxyl groups excluding tert-OH is 2. The molecule has 35 heavy (non-hydrogen) atoms. The summed E-state index contributed by atoms with van der Waals surface area (Å²) < 4.78 is 4.92. The minimum atomic E-state index is -1.50. The van der Waals surface area contributed by atoms with Gasteiger partial charge in [-0.2, -0.15) is 0 Å². The van der Waals surface area contributed by atoms with E-state index in [1.807, 2.05) is 0 Å². The topological polar surface area (TPSA) is 90.2 Å². The molecule has 5 heteroatoms. The van der Waals surface area contributed by atoms with Gasteiger partial charge < -0.3 is 25.2 Å². The van der Waals surface area contributed by atoms with Gasteiger partial charge in [-0.25, -0.2) is 0 Å². The average molecular weight is 495 g/mol. The summed E-state index contributed by atoms with van der Waals surface area (Å²) in [5, 5.41) is 39.6. The highest BCUT2D eigenvalue weighted by Gasteiger charge is 2.29. The van der Waals surface area contributed by atoms with Gasteiger partial charge in [0.1, 0.15) is 6.10 Å². The van der Waals surface area contributed by atoms with E-state index in [1.165, 1.54) is 36.3 Å². The van der Waals surface area contributed by atoms with Gasteiger partial charge in [0.2, 0.25) is 0 Å². The van der Waals surface area contributed by atoms with Gasteiger partial charge in [-0.1, -0.05) is 46.6 Å². The molecular weight excluding hydrogens is 440 g/mol. The Bertz CT molecular complexity index is 707. The smallest absolute Gasteiger partial charge is 0.188 e. The van der Waals surface area contributed by atoms with E-state index < -0.39 is 23.6 Å². The van der Waals surface area contributed by atoms with Gasteiger partial charge in [0.15, 0.2) is 5.79 Å². The molecule has 204 valence electrons. The van der Waals surface area contributed by atoms with E-state index >= 15 is 0 Å². The second kappa shape index (κ2) is 17.3. The summed E-state index contributed by atoms with van der Waals surface area (Å²) in [5.41, 5.74) is 4.25. The molecule has 0 aliphatic rings. The first kappa shape index (κ1) is 33.8. The van der Waals surface area contributed by atoms with Crippen LogP contribution in [0.2, 0.25) is 0 Å². The number of ether oxygens (including phenoxy) is 1. The van der Waals surface area contributed by atoms with Crippen LogP contribution in [0, 0.1) is 0 Å². The molecule has 0 saturated heterocycles. The molecule has 0 saturated carbocycles. The van der Waals surface area contributed by atoms with E-state index in [9.17, 15) is 20.4 Å². The highest BCUT2D eigenvalue weighted by atomic mass is 16.6. The van der Waals surface area contributed by atoms with Crippen LogP contribution in [0.4, 0.5) is 0 Å². The van der Waals surface area contributed by atoms with Crippen molar-refractivity contribution in [3.63, 3.8) is 0 Å². The zero-order chi connectivity index (χ0) is 27.1. The van der Waals surface area contributed by atoms with E-state index in [2.05, 4.69) is 52.0 Å². The summed E-state index contributed by atoms with van der Waals surface area (Å²) in [6.45, 7) is 13.3. The van der Waals surface area contributed by atoms with Crippen molar-refractivity contribution in [2.24, 2.45) is 0 Å². The van der Waals surface area contributed by atoms with Crippen LogP contribution in [0.15, 0.2) is 46.6 Å². The second-order valence-corrected chi connectivity index (χ2v) is 10.9. The molecule has 3 unspecified atom stereocenters. The number of hydrogen-bond acceptors (Lipinski definition) is 5. The number of rotatable bonds is 18. The highest BCUT2D eigenvalue weighted by molar-refractivity contribution is 5.07. The monoisotopic (exact) mass is 494 g/mol. The van der Waals surface area contributed by atoms with Crippen LogP contribution >= 0.6 is 0 Å². The van der Waals surface area contributed by atoms with Crippen LogP contribution in [-0.2, 0) is 4.74 Å². The Morgan fingerprint density at radius 2 is 0.971 bits per heavy atom. The third kappa shape index (κ3) is 17.0. The van der Waals surface area contributed by atoms with Crippen LogP contribution in [0.1, 0.15) is 113 Å². The molecule has 0 heterocycles. The number of allylic oxidation sites excluding steroid dienone is 8. The standard InChI is InChI=1S/C30H54O5/c1-23(15-11-17-25(3)19-21-27(31)29(5,6)33)13-9-10-14-24(2)16-12-18-26(4)20-22-28(32)30(7,34)35-8/h13-14,17-18,27-28,31-34H,9-12,15-16,19-22H2,1-8H3. The van der Waals surface area contributed by atoms with Crippen LogP contribution in [-0.4, -0.2) is 51.1 Å². The third-order valence-corrected chi connectivity index (χ3v) is 6.69. The van der Waals surface area contributed by atoms with E-state index in [1.54, 1.807) is 13.8 Å². The van der Waals surface area contributed by atoms with Crippen molar-refractivity contribution in [1.82, 2.24) is 0 Å². The fourth-order valence-corrected chi connectivity index (χ4v) is 3.65. The van der Waals surface area contributed by atoms with Crippen molar-refractivity contribution in [1.29, 1.82) is 0 Å². The molecule has 5 nitrogen and oxygen atoms in total. The van der Waals surface area contributed by atoms with Crippen molar-refractivity contribution in [3.8, 4) is 0 Å². The predicted octanol–water partition coefficient (Wildman–Crippen LogP) is 6.52. The van der Waals surface area contributed by atoms with E-state index in [0.717, 1.165) is 51.4 Å². The number of unbranched alkanes of at least 4 members (excludes halogenated alkanes) is 1. The van der Waals surface area contributed by atoms with Gasteiger partial charge in [0.25, 0.3) is 0 Å². The Balaban J connectivity index is 4.19. The molecule has 0 rings (SSSR count). The first-order valence-corrected chi connectivity index (χ1v) is 13.2. The summed E-state index contributed by atoms with van der Waals surface area (Å²) in [4.78, 5) is 0. The van der Waals surface area contributed by atoms with Crippen molar-refractivity contribution >= 4 is 0 Å². The van der Waals surface area contributed by atoms with Crippen molar-refractivity contribution in [3.05, 3.63) is 46.6 Å². The van der Waals surface area contributed by atoms with Crippen molar-refractivity contribution in [2.45, 2.75) is 136 Å². The van der Waals surface area contributed by atoms with Gasteiger partial charge in [-0.05, 0) is 113 Å². The molecule has 4 N–H and O–H groups in total. The van der Waals surface area contributed by atoms with E-state index in [0.29, 0.717) is 12.8 Å². The van der Waals surface area contributed by atoms with Crippen molar-refractivity contribution in [2.75, 3.05) is 7.11 Å². The normalized spacial score (nSPS) is 17.9. The molecule has 0 aliphatic carbocycles. The lowest BCUT2D eigenvalue weighted by Crippen LogP contribution is -2.40. The van der Waals surface area contributed by atoms with Crippen LogP contribution in [0.3, 0.4) is 0 Å². The van der Waals surface area contributed by atoms with Crippen LogP contribution in [0.5, 0.6) is 0 Å². The van der Waals surface area contributed by atoms with Gasteiger partial charge in [-0.3, -0.25) is 0 Å². The maximum Gasteiger partial charge on any atom is 0.188 e. The van der Waals surface area contributed by atoms with Gasteiger partial charge in [0.05, 0.1) is 11.7 Å². The zero-order valence-corrected chi connectivity index (χ0v) is 23.7. The summed E-state index contributed by atoms with van der Waals surface area (Å²) in [5.74, 6) is -1.50. The molecule has 0 aromatic carbocycles. The predicted molar refractivity (Wildman–Crippen MR) is 147 cm³/mol. The molecule has 0 bridgehead atoms. The minimum absolute atomic E-state index is 0.476. The van der Waals surface area contributed by atoms with Gasteiger partial charge in [0, 0.05) is 7.11 Å². The maximum atomic E-state index is 10.0. The average Bonchev–Trinajstić information content (AvgIpc) is 2.77. The molecule has 0 aliphatic heterocycles. The SMILES string of the molecule is COC(C)(O)C(O)CCC(C)=CCCC(C)=CCCC=C(C)CCC=C(C)CCC(O)C(C)(C)O. The fraction of sp³-hybridized carbons (Fsp3) is 0.733. The maximum absolute atomic E-state index is 10.0. The zero-order valence-electron chi connectivity index (χ0n) is 23.7. The van der Waals surface area contributed by atoms with E-state index in [-0.39, 0.29) is 0 Å². The van der Waals surface area contributed by atoms with Gasteiger partial charge in [-0.15, -0.1) is 0 Å². The molecule has 0 aromatic heterocycles. The van der Waals surface area contributed by atoms with Crippen LogP contribution in [0.25, 0.3) is 0 Å². The molecule has 0 aromatic rings. The summed E-state index contributed by atoms with van der Waals surface area (Å²) >= 11 is 0. The fourth-order valence-electron chi connectivity index (χ4n) is 3.65. The van der Waals surface area contributed by atoms with Crippen molar-refractivity contribution < 1.29 is 25.2 Å². The summed E-state index contributed by atoms with van der Waals surface area (Å²) in [6.07, 6.45) is 16.3. The largest absolute Gasteiger partial charge is 0.390 e. The lowest BCUT2D eigenvalue weighted by molar-refractivity contribution is -0.231. The molecular formula is C30H54O5. The first-order chi connectivity index (χ1) is 16.2. The Hall–Kier alpha value is -1.24. The minimum Gasteiger partial charge on any atom is -0.390 e. The van der Waals surface area contributed by atoms with Crippen LogP contribution < -0.4 is 0 Å². The Labute approximate surface area is 215 Å². The number of methoxy groups -OCH3 is 1. The molecule has 0 fully saturated rings. The Morgan fingerprint density at radius 3 is 1.34 bits per heavy atom. The molecule has 0 radical (unpaired) electrons. The third-order valence-electron chi connectivity index (χ3n) is 6.69. The number of aliphatic hydroxyl groups is 4. The second-order valence-electron chi connectivity index (χ2n) is 10.9.